The first-order valence-electron chi connectivity index (χ1n) is 8.01. The van der Waals surface area contributed by atoms with Gasteiger partial charge in [0.15, 0.2) is 0 Å². The van der Waals surface area contributed by atoms with Gasteiger partial charge in [-0.1, -0.05) is 6.07 Å². The second-order valence-electron chi connectivity index (χ2n) is 5.75. The summed E-state index contributed by atoms with van der Waals surface area (Å²) in [6.45, 7) is 4.48. The number of nitrogens with zero attached hydrogens (tertiary/aromatic N) is 2. The third-order valence-corrected chi connectivity index (χ3v) is 4.57. The summed E-state index contributed by atoms with van der Waals surface area (Å²) in [5, 5.41) is 5.23. The van der Waals surface area contributed by atoms with Crippen LogP contribution in [0.15, 0.2) is 41.9 Å². The zero-order valence-electron chi connectivity index (χ0n) is 14.8. The van der Waals surface area contributed by atoms with Gasteiger partial charge in [-0.2, -0.15) is 0 Å². The number of ether oxygens (including phenoxy) is 2. The smallest absolute Gasteiger partial charge is 0.275 e. The maximum absolute atomic E-state index is 12.2. The largest absolute Gasteiger partial charge is 0.439 e. The van der Waals surface area contributed by atoms with Gasteiger partial charge in [-0.15, -0.1) is 11.3 Å². The second kappa shape index (κ2) is 8.07. The van der Waals surface area contributed by atoms with Crippen molar-refractivity contribution in [2.45, 2.75) is 20.5 Å². The molecule has 2 heterocycles. The van der Waals surface area contributed by atoms with Gasteiger partial charge in [-0.05, 0) is 43.2 Å². The van der Waals surface area contributed by atoms with Crippen LogP contribution < -0.4 is 10.1 Å². The molecule has 6 nitrogen and oxygen atoms in total. The van der Waals surface area contributed by atoms with Crippen LogP contribution in [0.4, 0.5) is 5.69 Å². The Kier molecular flexibility index (Phi) is 5.60. The van der Waals surface area contributed by atoms with E-state index in [1.807, 2.05) is 25.1 Å². The van der Waals surface area contributed by atoms with E-state index in [1.165, 1.54) is 16.9 Å². The number of thiazole rings is 1. The lowest BCUT2D eigenvalue weighted by atomic mass is 10.1. The number of amides is 1. The number of pyridine rings is 1. The molecule has 0 aliphatic rings. The van der Waals surface area contributed by atoms with Crippen molar-refractivity contribution in [3.8, 4) is 11.6 Å². The van der Waals surface area contributed by atoms with Gasteiger partial charge in [0, 0.05) is 18.6 Å². The summed E-state index contributed by atoms with van der Waals surface area (Å²) in [6.07, 6.45) is 1.55. The Morgan fingerprint density at radius 3 is 2.73 bits per heavy atom. The van der Waals surface area contributed by atoms with E-state index in [1.54, 1.807) is 30.8 Å². The van der Waals surface area contributed by atoms with E-state index in [0.29, 0.717) is 23.9 Å². The highest BCUT2D eigenvalue weighted by atomic mass is 32.1. The number of aryl methyl sites for hydroxylation is 2. The number of hydrogen-bond donors (Lipinski definition) is 1. The molecule has 0 radical (unpaired) electrons. The fourth-order valence-corrected chi connectivity index (χ4v) is 2.96. The Labute approximate surface area is 155 Å². The highest BCUT2D eigenvalue weighted by Crippen LogP contribution is 2.23. The van der Waals surface area contributed by atoms with E-state index in [-0.39, 0.29) is 5.91 Å². The van der Waals surface area contributed by atoms with Crippen molar-refractivity contribution >= 4 is 22.9 Å². The molecule has 0 fully saturated rings. The molecule has 1 N–H and O–H groups in total. The summed E-state index contributed by atoms with van der Waals surface area (Å²) in [4.78, 5) is 20.7. The number of hydrogen-bond acceptors (Lipinski definition) is 6. The first-order valence-corrected chi connectivity index (χ1v) is 8.89. The minimum absolute atomic E-state index is 0.284. The third-order valence-electron chi connectivity index (χ3n) is 3.75. The highest BCUT2D eigenvalue weighted by Gasteiger charge is 2.11. The van der Waals surface area contributed by atoms with Crippen LogP contribution in [-0.4, -0.2) is 23.0 Å². The van der Waals surface area contributed by atoms with Gasteiger partial charge in [-0.25, -0.2) is 9.97 Å². The van der Waals surface area contributed by atoms with Gasteiger partial charge in [0.05, 0.1) is 18.5 Å². The number of rotatable bonds is 6. The molecule has 0 bridgehead atoms. The van der Waals surface area contributed by atoms with E-state index >= 15 is 0 Å². The molecule has 1 aromatic carbocycles. The highest BCUT2D eigenvalue weighted by molar-refractivity contribution is 7.09. The molecule has 7 heteroatoms. The molecule has 2 aromatic heterocycles. The van der Waals surface area contributed by atoms with Gasteiger partial charge in [0.25, 0.3) is 5.91 Å². The van der Waals surface area contributed by atoms with Crippen molar-refractivity contribution in [2.24, 2.45) is 0 Å². The molecule has 3 rings (SSSR count). The lowest BCUT2D eigenvalue weighted by molar-refractivity contribution is 0.102. The minimum Gasteiger partial charge on any atom is -0.439 e. The molecule has 3 aromatic rings. The number of carbonyl (C=O) groups is 1. The van der Waals surface area contributed by atoms with E-state index in [9.17, 15) is 4.79 Å². The number of benzene rings is 1. The van der Waals surface area contributed by atoms with Crippen molar-refractivity contribution in [3.05, 3.63) is 63.7 Å². The van der Waals surface area contributed by atoms with Gasteiger partial charge < -0.3 is 14.8 Å². The fourth-order valence-electron chi connectivity index (χ4n) is 2.21. The quantitative estimate of drug-likeness (QED) is 0.699. The lowest BCUT2D eigenvalue weighted by Gasteiger charge is -2.08. The summed E-state index contributed by atoms with van der Waals surface area (Å²) >= 11 is 1.39. The first-order chi connectivity index (χ1) is 12.5. The van der Waals surface area contributed by atoms with Crippen molar-refractivity contribution in [3.63, 3.8) is 0 Å². The molecular weight excluding hydrogens is 350 g/mol. The molecule has 0 saturated carbocycles. The lowest BCUT2D eigenvalue weighted by Crippen LogP contribution is -2.12. The van der Waals surface area contributed by atoms with Crippen molar-refractivity contribution in [1.29, 1.82) is 0 Å². The molecule has 1 amide bonds. The minimum atomic E-state index is -0.284. The number of anilines is 1. The molecular formula is C19H19N3O3S. The van der Waals surface area contributed by atoms with Crippen molar-refractivity contribution < 1.29 is 14.3 Å². The fraction of sp³-hybridized carbons (Fsp3) is 0.211. The van der Waals surface area contributed by atoms with Crippen LogP contribution in [-0.2, 0) is 11.3 Å². The zero-order chi connectivity index (χ0) is 18.5. The van der Waals surface area contributed by atoms with Gasteiger partial charge in [0.2, 0.25) is 5.88 Å². The SMILES string of the molecule is COCc1nc(C(=O)Nc2ccc(Oc3ccc(C)c(C)c3)nc2)cs1. The molecule has 26 heavy (non-hydrogen) atoms. The predicted octanol–water partition coefficient (Wildman–Crippen LogP) is 4.35. The topological polar surface area (TPSA) is 73.3 Å². The number of carbonyl (C=O) groups excluding carboxylic acids is 1. The average molecular weight is 369 g/mol. The van der Waals surface area contributed by atoms with Crippen LogP contribution in [0.5, 0.6) is 11.6 Å². The Morgan fingerprint density at radius 1 is 1.19 bits per heavy atom. The number of methoxy groups -OCH3 is 1. The standard InChI is InChI=1S/C19H19N3O3S/c1-12-4-6-15(8-13(12)2)25-17-7-5-14(9-20-17)21-19(23)16-11-26-18(22-16)10-24-3/h4-9,11H,10H2,1-3H3,(H,21,23). The van der Waals surface area contributed by atoms with E-state index < -0.39 is 0 Å². The van der Waals surface area contributed by atoms with E-state index in [2.05, 4.69) is 22.2 Å². The summed E-state index contributed by atoms with van der Waals surface area (Å²) < 4.78 is 10.7. The molecule has 0 saturated heterocycles. The monoisotopic (exact) mass is 369 g/mol. The van der Waals surface area contributed by atoms with Crippen LogP contribution in [0.2, 0.25) is 0 Å². The van der Waals surface area contributed by atoms with E-state index in [0.717, 1.165) is 16.3 Å². The summed E-state index contributed by atoms with van der Waals surface area (Å²) in [7, 11) is 1.59. The third kappa shape index (κ3) is 4.44. The van der Waals surface area contributed by atoms with Crippen LogP contribution in [0.1, 0.15) is 26.6 Å². The maximum Gasteiger partial charge on any atom is 0.275 e. The van der Waals surface area contributed by atoms with Gasteiger partial charge in [-0.3, -0.25) is 4.79 Å². The van der Waals surface area contributed by atoms with Crippen LogP contribution in [0.3, 0.4) is 0 Å². The summed E-state index contributed by atoms with van der Waals surface area (Å²) in [5.74, 6) is 0.904. The first kappa shape index (κ1) is 18.0. The number of nitrogens with one attached hydrogen (secondary N) is 1. The van der Waals surface area contributed by atoms with Crippen molar-refractivity contribution in [2.75, 3.05) is 12.4 Å². The van der Waals surface area contributed by atoms with Gasteiger partial charge >= 0.3 is 0 Å². The molecule has 0 aliphatic carbocycles. The second-order valence-corrected chi connectivity index (χ2v) is 6.69. The number of aromatic nitrogens is 2. The van der Waals surface area contributed by atoms with Crippen LogP contribution in [0.25, 0.3) is 0 Å². The molecule has 0 spiro atoms. The molecule has 0 aliphatic heterocycles. The maximum atomic E-state index is 12.2. The Morgan fingerprint density at radius 2 is 2.04 bits per heavy atom. The Balaban J connectivity index is 1.63. The molecule has 0 unspecified atom stereocenters. The summed E-state index contributed by atoms with van der Waals surface area (Å²) in [6, 6.07) is 9.32. The van der Waals surface area contributed by atoms with Gasteiger partial charge in [0.1, 0.15) is 16.5 Å². The van der Waals surface area contributed by atoms with Crippen LogP contribution >= 0.6 is 11.3 Å². The molecule has 134 valence electrons. The Hall–Kier alpha value is -2.77. The predicted molar refractivity (Wildman–Crippen MR) is 101 cm³/mol. The normalized spacial score (nSPS) is 10.6. The average Bonchev–Trinajstić information content (AvgIpc) is 3.09. The molecule has 0 atom stereocenters. The van der Waals surface area contributed by atoms with Crippen LogP contribution in [0, 0.1) is 13.8 Å². The zero-order valence-corrected chi connectivity index (χ0v) is 15.6. The van der Waals surface area contributed by atoms with Crippen molar-refractivity contribution in [1.82, 2.24) is 9.97 Å². The summed E-state index contributed by atoms with van der Waals surface area (Å²) in [5.41, 5.74) is 3.29. The Bertz CT molecular complexity index is 907. The van der Waals surface area contributed by atoms with E-state index in [4.69, 9.17) is 9.47 Å².